The second-order valence-electron chi connectivity index (χ2n) is 6.47. The quantitative estimate of drug-likeness (QED) is 0.507. The molecule has 1 saturated heterocycles. The van der Waals surface area contributed by atoms with Gasteiger partial charge < -0.3 is 19.9 Å². The third-order valence-corrected chi connectivity index (χ3v) is 4.72. The highest BCUT2D eigenvalue weighted by molar-refractivity contribution is 5.94. The zero-order chi connectivity index (χ0) is 19.7. The summed E-state index contributed by atoms with van der Waals surface area (Å²) in [7, 11) is 0. The van der Waals surface area contributed by atoms with Crippen molar-refractivity contribution in [3.05, 3.63) is 64.1 Å². The van der Waals surface area contributed by atoms with Crippen molar-refractivity contribution in [1.82, 2.24) is 19.5 Å². The molecule has 3 heterocycles. The molecule has 3 aromatic rings. The molecule has 0 atom stereocenters. The van der Waals surface area contributed by atoms with E-state index in [-0.39, 0.29) is 17.5 Å². The Morgan fingerprint density at radius 1 is 1.07 bits per heavy atom. The number of nitro groups is 1. The van der Waals surface area contributed by atoms with Crippen LogP contribution in [0.3, 0.4) is 0 Å². The van der Waals surface area contributed by atoms with E-state index < -0.39 is 4.92 Å². The molecule has 28 heavy (non-hydrogen) atoms. The molecule has 4 rings (SSSR count). The molecule has 0 radical (unpaired) electrons. The number of imidazole rings is 1. The average molecular weight is 384 g/mol. The van der Waals surface area contributed by atoms with Crippen molar-refractivity contribution in [2.75, 3.05) is 31.1 Å². The number of aromatic nitrogens is 3. The third kappa shape index (κ3) is 3.36. The Bertz CT molecular complexity index is 1040. The van der Waals surface area contributed by atoms with Crippen LogP contribution in [0, 0.1) is 15.9 Å². The Labute approximate surface area is 159 Å². The van der Waals surface area contributed by atoms with Crippen LogP contribution in [0.5, 0.6) is 0 Å². The summed E-state index contributed by atoms with van der Waals surface area (Å²) >= 11 is 0. The van der Waals surface area contributed by atoms with E-state index in [4.69, 9.17) is 0 Å². The molecule has 0 unspecified atom stereocenters. The molecule has 0 spiro atoms. The van der Waals surface area contributed by atoms with Gasteiger partial charge in [0.25, 0.3) is 5.91 Å². The minimum absolute atomic E-state index is 0.143. The van der Waals surface area contributed by atoms with Crippen LogP contribution in [-0.2, 0) is 0 Å². The predicted octanol–water partition coefficient (Wildman–Crippen LogP) is 2.13. The smallest absolute Gasteiger partial charge is 0.358 e. The first-order valence-electron chi connectivity index (χ1n) is 8.82. The van der Waals surface area contributed by atoms with E-state index in [0.717, 1.165) is 6.42 Å². The van der Waals surface area contributed by atoms with E-state index in [1.165, 1.54) is 35.0 Å². The second kappa shape index (κ2) is 7.22. The Balaban J connectivity index is 1.51. The lowest BCUT2D eigenvalue weighted by molar-refractivity contribution is -0.391. The van der Waals surface area contributed by atoms with E-state index in [9.17, 15) is 19.3 Å². The van der Waals surface area contributed by atoms with Crippen molar-refractivity contribution in [2.45, 2.75) is 6.42 Å². The summed E-state index contributed by atoms with van der Waals surface area (Å²) < 4.78 is 14.3. The van der Waals surface area contributed by atoms with Crippen molar-refractivity contribution < 1.29 is 14.1 Å². The highest BCUT2D eigenvalue weighted by Crippen LogP contribution is 2.19. The number of carbonyl (C=O) groups is 1. The molecular weight excluding hydrogens is 367 g/mol. The summed E-state index contributed by atoms with van der Waals surface area (Å²) in [6.07, 6.45) is 1.90. The fourth-order valence-corrected chi connectivity index (χ4v) is 3.27. The monoisotopic (exact) mass is 384 g/mol. The lowest BCUT2D eigenvalue weighted by atomic mass is 10.2. The van der Waals surface area contributed by atoms with Crippen LogP contribution in [0.2, 0.25) is 0 Å². The van der Waals surface area contributed by atoms with Crippen molar-refractivity contribution in [2.24, 2.45) is 0 Å². The highest BCUT2D eigenvalue weighted by atomic mass is 19.1. The Morgan fingerprint density at radius 2 is 1.86 bits per heavy atom. The molecule has 0 bridgehead atoms. The predicted molar refractivity (Wildman–Crippen MR) is 98.8 cm³/mol. The number of hydrogen-bond acceptors (Lipinski definition) is 6. The Hall–Kier alpha value is -3.56. The molecule has 1 aliphatic rings. The maximum atomic E-state index is 13.1. The number of nitrogens with zero attached hydrogens (tertiary/aromatic N) is 6. The number of benzene rings is 1. The van der Waals surface area contributed by atoms with Crippen LogP contribution < -0.4 is 4.90 Å². The number of fused-ring (bicyclic) bond motifs is 1. The van der Waals surface area contributed by atoms with Gasteiger partial charge in [-0.2, -0.15) is 0 Å². The van der Waals surface area contributed by atoms with Crippen LogP contribution in [0.25, 0.3) is 5.65 Å². The highest BCUT2D eigenvalue weighted by Gasteiger charge is 2.23. The largest absolute Gasteiger partial charge is 0.368 e. The molecular formula is C18H17FN6O3. The molecule has 9 nitrogen and oxygen atoms in total. The number of carbonyl (C=O) groups excluding carboxylic acids is 1. The average Bonchev–Trinajstić information content (AvgIpc) is 2.96. The minimum Gasteiger partial charge on any atom is -0.358 e. The summed E-state index contributed by atoms with van der Waals surface area (Å²) in [5.41, 5.74) is 0.849. The second-order valence-corrected chi connectivity index (χ2v) is 6.47. The van der Waals surface area contributed by atoms with E-state index in [1.54, 1.807) is 17.0 Å². The number of amides is 1. The van der Waals surface area contributed by atoms with Gasteiger partial charge in [-0.25, -0.2) is 9.37 Å². The fraction of sp³-hybridized carbons (Fsp3) is 0.278. The van der Waals surface area contributed by atoms with Crippen molar-refractivity contribution in [3.8, 4) is 0 Å². The van der Waals surface area contributed by atoms with E-state index in [1.807, 2.05) is 4.90 Å². The van der Waals surface area contributed by atoms with E-state index in [2.05, 4.69) is 10.1 Å². The third-order valence-electron chi connectivity index (χ3n) is 4.72. The van der Waals surface area contributed by atoms with Crippen molar-refractivity contribution in [1.29, 1.82) is 0 Å². The Kier molecular flexibility index (Phi) is 4.60. The molecule has 0 aliphatic carbocycles. The zero-order valence-corrected chi connectivity index (χ0v) is 14.9. The summed E-state index contributed by atoms with van der Waals surface area (Å²) in [5.74, 6) is -0.131. The minimum atomic E-state index is -0.525. The summed E-state index contributed by atoms with van der Waals surface area (Å²) in [5, 5.41) is 15.5. The molecule has 1 aliphatic heterocycles. The lowest BCUT2D eigenvalue weighted by Crippen LogP contribution is -2.35. The van der Waals surface area contributed by atoms with Gasteiger partial charge in [0, 0.05) is 37.8 Å². The van der Waals surface area contributed by atoms with Crippen LogP contribution in [0.4, 0.5) is 16.0 Å². The summed E-state index contributed by atoms with van der Waals surface area (Å²) in [6.45, 7) is 2.24. The first kappa shape index (κ1) is 17.8. The molecule has 0 N–H and O–H groups in total. The SMILES string of the molecule is O=C(c1ccc(F)cc1)N1CCCN(c2ccc3ncc([N+](=O)[O-])n3n2)CC1. The summed E-state index contributed by atoms with van der Waals surface area (Å²) in [4.78, 5) is 30.9. The number of hydrogen-bond donors (Lipinski definition) is 0. The van der Waals surface area contributed by atoms with Gasteiger partial charge in [0.1, 0.15) is 12.0 Å². The van der Waals surface area contributed by atoms with Gasteiger partial charge in [0.15, 0.2) is 5.82 Å². The van der Waals surface area contributed by atoms with E-state index >= 15 is 0 Å². The van der Waals surface area contributed by atoms with Crippen molar-refractivity contribution >= 4 is 23.2 Å². The van der Waals surface area contributed by atoms with E-state index in [0.29, 0.717) is 43.2 Å². The number of rotatable bonds is 3. The normalized spacial score (nSPS) is 14.9. The molecule has 2 aromatic heterocycles. The van der Waals surface area contributed by atoms with Crippen molar-refractivity contribution in [3.63, 3.8) is 0 Å². The fourth-order valence-electron chi connectivity index (χ4n) is 3.27. The topological polar surface area (TPSA) is 96.9 Å². The molecule has 10 heteroatoms. The molecule has 1 aromatic carbocycles. The van der Waals surface area contributed by atoms with Crippen LogP contribution in [0.1, 0.15) is 16.8 Å². The molecule has 144 valence electrons. The molecule has 1 amide bonds. The van der Waals surface area contributed by atoms with Crippen LogP contribution in [0.15, 0.2) is 42.6 Å². The van der Waals surface area contributed by atoms with Gasteiger partial charge in [-0.3, -0.25) is 4.79 Å². The summed E-state index contributed by atoms with van der Waals surface area (Å²) in [6, 6.07) is 8.95. The zero-order valence-electron chi connectivity index (χ0n) is 14.9. The number of halogens is 1. The number of anilines is 1. The first-order valence-corrected chi connectivity index (χ1v) is 8.82. The maximum absolute atomic E-state index is 13.1. The standard InChI is InChI=1S/C18H17FN6O3/c19-14-4-2-13(3-5-14)18(26)23-9-1-8-22(10-11-23)16-7-6-15-20-12-17(25(27)28)24(15)21-16/h2-7,12H,1,8-11H2. The molecule has 0 saturated carbocycles. The Morgan fingerprint density at radius 3 is 2.61 bits per heavy atom. The van der Waals surface area contributed by atoms with Gasteiger partial charge in [0.2, 0.25) is 5.65 Å². The van der Waals surface area contributed by atoms with Crippen LogP contribution >= 0.6 is 0 Å². The van der Waals surface area contributed by atoms with Gasteiger partial charge in [-0.15, -0.1) is 0 Å². The first-order chi connectivity index (χ1) is 13.5. The lowest BCUT2D eigenvalue weighted by Gasteiger charge is -2.22. The van der Waals surface area contributed by atoms with Gasteiger partial charge >= 0.3 is 5.82 Å². The van der Waals surface area contributed by atoms with Gasteiger partial charge in [-0.1, -0.05) is 9.61 Å². The van der Waals surface area contributed by atoms with Gasteiger partial charge in [0.05, 0.1) is 0 Å². The maximum Gasteiger partial charge on any atom is 0.368 e. The van der Waals surface area contributed by atoms with Gasteiger partial charge in [-0.05, 0) is 41.7 Å². The van der Waals surface area contributed by atoms with Crippen LogP contribution in [-0.4, -0.2) is 56.5 Å². The molecule has 1 fully saturated rings.